The minimum Gasteiger partial charge on any atom is -0.394 e. The molecular weight excluding hydrogens is 907 g/mol. The molecule has 2 heterocycles. The van der Waals surface area contributed by atoms with Crippen molar-refractivity contribution in [1.29, 1.82) is 0 Å². The van der Waals surface area contributed by atoms with Gasteiger partial charge in [0.1, 0.15) is 48.8 Å². The van der Waals surface area contributed by atoms with Crippen LogP contribution in [-0.4, -0.2) is 140 Å². The fourth-order valence-electron chi connectivity index (χ4n) is 9.68. The summed E-state index contributed by atoms with van der Waals surface area (Å²) in [5, 5.41) is 86.6. The van der Waals surface area contributed by atoms with Gasteiger partial charge in [0.05, 0.1) is 32.0 Å². The fourth-order valence-corrected chi connectivity index (χ4v) is 9.68. The van der Waals surface area contributed by atoms with Gasteiger partial charge in [-0.05, 0) is 44.9 Å². The van der Waals surface area contributed by atoms with E-state index in [1.807, 2.05) is 0 Å². The number of aliphatic hydroxyl groups excluding tert-OH is 8. The molecule has 1 amide bonds. The lowest BCUT2D eigenvalue weighted by Crippen LogP contribution is -2.65. The normalized spacial score (nSPS) is 25.9. The molecule has 0 spiro atoms. The number of amides is 1. The summed E-state index contributed by atoms with van der Waals surface area (Å²) in [6.07, 6.45) is 34.0. The highest BCUT2D eigenvalue weighted by Gasteiger charge is 2.51. The molecule has 0 aromatic carbocycles. The molecule has 0 aromatic rings. The number of nitrogens with one attached hydrogen (secondary N) is 1. The van der Waals surface area contributed by atoms with Crippen LogP contribution < -0.4 is 5.32 Å². The van der Waals surface area contributed by atoms with Crippen molar-refractivity contribution in [3.63, 3.8) is 0 Å². The zero-order valence-electron chi connectivity index (χ0n) is 44.7. The average Bonchev–Trinajstić information content (AvgIpc) is 3.37. The lowest BCUT2D eigenvalue weighted by molar-refractivity contribution is -0.359. The molecule has 14 nitrogen and oxygen atoms in total. The van der Waals surface area contributed by atoms with Crippen LogP contribution in [0.2, 0.25) is 0 Å². The number of rotatable bonds is 46. The Morgan fingerprint density at radius 1 is 0.507 bits per heavy atom. The van der Waals surface area contributed by atoms with Gasteiger partial charge in [-0.3, -0.25) is 4.79 Å². The Balaban J connectivity index is 1.57. The number of aliphatic hydroxyl groups is 8. The third-order valence-electron chi connectivity index (χ3n) is 14.4. The van der Waals surface area contributed by atoms with Gasteiger partial charge in [-0.15, -0.1) is 0 Å². The van der Waals surface area contributed by atoms with Gasteiger partial charge < -0.3 is 65.1 Å². The highest BCUT2D eigenvalue weighted by Crippen LogP contribution is 2.30. The third-order valence-corrected chi connectivity index (χ3v) is 14.4. The van der Waals surface area contributed by atoms with Crippen LogP contribution in [0.5, 0.6) is 0 Å². The molecule has 0 aromatic heterocycles. The summed E-state index contributed by atoms with van der Waals surface area (Å²) in [7, 11) is 0. The molecule has 0 radical (unpaired) electrons. The quantitative estimate of drug-likeness (QED) is 0.0205. The monoisotopic (exact) mass is 1010 g/mol. The van der Waals surface area contributed by atoms with E-state index in [9.17, 15) is 45.6 Å². The first-order valence-corrected chi connectivity index (χ1v) is 29.1. The first-order valence-electron chi connectivity index (χ1n) is 29.1. The zero-order chi connectivity index (χ0) is 51.7. The number of unbranched alkanes of at least 4 members (excludes halogenated alkanes) is 29. The summed E-state index contributed by atoms with van der Waals surface area (Å²) < 4.78 is 22.7. The largest absolute Gasteiger partial charge is 0.394 e. The Bertz CT molecular complexity index is 1290. The highest BCUT2D eigenvalue weighted by atomic mass is 16.7. The second kappa shape index (κ2) is 43.7. The summed E-state index contributed by atoms with van der Waals surface area (Å²) in [5.41, 5.74) is 0. The molecule has 2 saturated heterocycles. The van der Waals surface area contributed by atoms with Gasteiger partial charge in [0.15, 0.2) is 12.6 Å². The lowest BCUT2D eigenvalue weighted by Gasteiger charge is -2.46. The maximum Gasteiger partial charge on any atom is 0.220 e. The van der Waals surface area contributed by atoms with Crippen molar-refractivity contribution in [3.05, 3.63) is 24.3 Å². The summed E-state index contributed by atoms with van der Waals surface area (Å²) in [4.78, 5) is 13.1. The fraction of sp³-hybridized carbons (Fsp3) is 0.912. The van der Waals surface area contributed by atoms with E-state index in [-0.39, 0.29) is 12.5 Å². The second-order valence-corrected chi connectivity index (χ2v) is 20.8. The molecule has 9 N–H and O–H groups in total. The van der Waals surface area contributed by atoms with E-state index in [1.165, 1.54) is 141 Å². The first-order chi connectivity index (χ1) is 34.6. The van der Waals surface area contributed by atoms with Crippen molar-refractivity contribution < 1.29 is 64.6 Å². The SMILES string of the molecule is CCCCCCC/C=C\C/C=C\CCCCCCCCCCCCCCCCCCCCCC(=O)NC(COC1OC(CO)C(OC2OC(CO)C(O)C(O)C2O)C(O)C1O)C(O)CCCCCCCC. The molecule has 2 rings (SSSR count). The molecule has 0 aliphatic carbocycles. The van der Waals surface area contributed by atoms with Crippen LogP contribution in [-0.2, 0) is 23.7 Å². The lowest BCUT2D eigenvalue weighted by atomic mass is 9.97. The van der Waals surface area contributed by atoms with Gasteiger partial charge in [-0.1, -0.05) is 212 Å². The van der Waals surface area contributed by atoms with E-state index >= 15 is 0 Å². The van der Waals surface area contributed by atoms with Crippen molar-refractivity contribution in [2.24, 2.45) is 0 Å². The van der Waals surface area contributed by atoms with E-state index < -0.39 is 86.8 Å². The van der Waals surface area contributed by atoms with E-state index in [0.29, 0.717) is 12.8 Å². The second-order valence-electron chi connectivity index (χ2n) is 20.8. The molecule has 2 aliphatic heterocycles. The van der Waals surface area contributed by atoms with Crippen LogP contribution >= 0.6 is 0 Å². The molecule has 0 saturated carbocycles. The average molecular weight is 1010 g/mol. The van der Waals surface area contributed by atoms with Gasteiger partial charge >= 0.3 is 0 Å². The maximum atomic E-state index is 13.1. The van der Waals surface area contributed by atoms with Gasteiger partial charge in [0, 0.05) is 6.42 Å². The maximum absolute atomic E-state index is 13.1. The predicted molar refractivity (Wildman–Crippen MR) is 282 cm³/mol. The Morgan fingerprint density at radius 3 is 1.41 bits per heavy atom. The van der Waals surface area contributed by atoms with Gasteiger partial charge in [-0.2, -0.15) is 0 Å². The molecule has 2 aliphatic rings. The van der Waals surface area contributed by atoms with Gasteiger partial charge in [-0.25, -0.2) is 0 Å². The minimum absolute atomic E-state index is 0.209. The Hall–Kier alpha value is -1.53. The molecule has 14 heteroatoms. The standard InChI is InChI=1S/C57H107NO13/c1-3-5-7-9-11-12-13-14-15-16-17-18-19-20-21-22-23-24-25-26-27-28-29-30-31-32-33-34-35-37-39-41-49(62)58-45(46(61)40-38-36-10-8-6-4-2)44-68-56-54(67)52(65)55(48(43-60)70-56)71-57-53(66)51(64)50(63)47(42-59)69-57/h13-14,16-17,45-48,50-57,59-61,63-67H,3-12,15,18-44H2,1-2H3,(H,58,62)/b14-13-,17-16-. The van der Waals surface area contributed by atoms with E-state index in [2.05, 4.69) is 43.5 Å². The summed E-state index contributed by atoms with van der Waals surface area (Å²) in [6.45, 7) is 2.78. The van der Waals surface area contributed by atoms with E-state index in [4.69, 9.17) is 18.9 Å². The highest BCUT2D eigenvalue weighted by molar-refractivity contribution is 5.76. The number of carbonyl (C=O) groups is 1. The smallest absolute Gasteiger partial charge is 0.220 e. The summed E-state index contributed by atoms with van der Waals surface area (Å²) >= 11 is 0. The molecule has 12 unspecified atom stereocenters. The van der Waals surface area contributed by atoms with Crippen LogP contribution in [0.4, 0.5) is 0 Å². The van der Waals surface area contributed by atoms with Crippen LogP contribution in [0, 0.1) is 0 Å². The zero-order valence-corrected chi connectivity index (χ0v) is 44.7. The molecule has 71 heavy (non-hydrogen) atoms. The summed E-state index contributed by atoms with van der Waals surface area (Å²) in [6, 6.07) is -0.822. The van der Waals surface area contributed by atoms with Gasteiger partial charge in [0.25, 0.3) is 0 Å². The van der Waals surface area contributed by atoms with E-state index in [1.54, 1.807) is 0 Å². The topological polar surface area (TPSA) is 228 Å². The number of hydrogen-bond acceptors (Lipinski definition) is 13. The molecule has 2 fully saturated rings. The van der Waals surface area contributed by atoms with Crippen molar-refractivity contribution >= 4 is 5.91 Å². The van der Waals surface area contributed by atoms with E-state index in [0.717, 1.165) is 70.6 Å². The van der Waals surface area contributed by atoms with Crippen LogP contribution in [0.25, 0.3) is 0 Å². The molecule has 418 valence electrons. The third kappa shape index (κ3) is 30.0. The molecule has 12 atom stereocenters. The van der Waals surface area contributed by atoms with Crippen LogP contribution in [0.15, 0.2) is 24.3 Å². The Morgan fingerprint density at radius 2 is 0.930 bits per heavy atom. The number of ether oxygens (including phenoxy) is 4. The Kier molecular flexibility index (Phi) is 40.4. The number of hydrogen-bond donors (Lipinski definition) is 9. The van der Waals surface area contributed by atoms with Gasteiger partial charge in [0.2, 0.25) is 5.91 Å². The van der Waals surface area contributed by atoms with Crippen molar-refractivity contribution in [2.45, 2.75) is 312 Å². The Labute approximate surface area is 430 Å². The predicted octanol–water partition coefficient (Wildman–Crippen LogP) is 9.28. The molecule has 0 bridgehead atoms. The van der Waals surface area contributed by atoms with Crippen molar-refractivity contribution in [1.82, 2.24) is 5.32 Å². The van der Waals surface area contributed by atoms with Crippen LogP contribution in [0.1, 0.15) is 239 Å². The molecular formula is C57H107NO13. The first kappa shape index (κ1) is 65.6. The van der Waals surface area contributed by atoms with Crippen molar-refractivity contribution in [2.75, 3.05) is 19.8 Å². The number of allylic oxidation sites excluding steroid dienone is 4. The minimum atomic E-state index is -1.78. The van der Waals surface area contributed by atoms with Crippen molar-refractivity contribution in [3.8, 4) is 0 Å². The summed E-state index contributed by atoms with van der Waals surface area (Å²) in [5.74, 6) is -0.209. The number of carbonyl (C=O) groups excluding carboxylic acids is 1. The van der Waals surface area contributed by atoms with Crippen LogP contribution in [0.3, 0.4) is 0 Å².